The van der Waals surface area contributed by atoms with Crippen molar-refractivity contribution in [1.82, 2.24) is 0 Å². The summed E-state index contributed by atoms with van der Waals surface area (Å²) >= 11 is 0. The minimum atomic E-state index is -1.36. The lowest BCUT2D eigenvalue weighted by Crippen LogP contribution is -2.34. The number of nitrogens with zero attached hydrogens (tertiary/aromatic N) is 4. The van der Waals surface area contributed by atoms with Crippen LogP contribution in [0.25, 0.3) is 0 Å². The fourth-order valence-electron chi connectivity index (χ4n) is 6.02. The minimum Gasteiger partial charge on any atom is -0.463 e. The molecule has 0 bridgehead atoms. The summed E-state index contributed by atoms with van der Waals surface area (Å²) in [6.07, 6.45) is 0.113. The van der Waals surface area contributed by atoms with E-state index in [0.717, 1.165) is 0 Å². The normalized spacial score (nSPS) is 11.2. The maximum Gasteiger partial charge on any atom is 0.348 e. The molecule has 0 spiro atoms. The number of aliphatic imine (C=N–C) groups is 4. The fraction of sp³-hybridized carbons (Fsp3) is 0.310. The molecule has 0 heterocycles. The molecule has 4 rings (SSSR count). The first-order chi connectivity index (χ1) is 43.1. The van der Waals surface area contributed by atoms with Crippen LogP contribution in [0, 0.1) is 0 Å². The third kappa shape index (κ3) is 27.8. The Morgan fingerprint density at radius 3 is 0.811 bits per heavy atom. The second-order valence-corrected chi connectivity index (χ2v) is 17.2. The van der Waals surface area contributed by atoms with Crippen LogP contribution in [0.1, 0.15) is 82.0 Å². The molecule has 0 saturated carbocycles. The van der Waals surface area contributed by atoms with E-state index in [1.54, 1.807) is 0 Å². The Morgan fingerprint density at radius 2 is 0.533 bits per heavy atom. The first kappa shape index (κ1) is 72.3. The van der Waals surface area contributed by atoms with Gasteiger partial charge in [0.1, 0.15) is 0 Å². The molecule has 0 aliphatic heterocycles. The number of hydrogen-bond donors (Lipinski definition) is 0. The summed E-state index contributed by atoms with van der Waals surface area (Å²) in [5, 5.41) is 0. The average Bonchev–Trinajstić information content (AvgIpc) is 2.93. The summed E-state index contributed by atoms with van der Waals surface area (Å²) in [6, 6.07) is 21.6. The van der Waals surface area contributed by atoms with Gasteiger partial charge in [-0.25, -0.2) is 76.7 Å². The van der Waals surface area contributed by atoms with Crippen LogP contribution in [-0.2, 0) is 114 Å². The van der Waals surface area contributed by atoms with E-state index in [1.807, 2.05) is 0 Å². The molecular formula is C58H52N4O28. The molecule has 0 fully saturated rings. The Bertz CT molecular complexity index is 3170. The average molecular weight is 1250 g/mol. The predicted molar refractivity (Wildman–Crippen MR) is 293 cm³/mol. The summed E-state index contributed by atoms with van der Waals surface area (Å²) in [4.78, 5) is 198. The lowest BCUT2D eigenvalue weighted by molar-refractivity contribution is -0.173. The molecule has 0 saturated heterocycles. The molecule has 472 valence electrons. The highest BCUT2D eigenvalue weighted by Gasteiger charge is 2.28. The molecule has 32 heteroatoms. The fourth-order valence-corrected chi connectivity index (χ4v) is 6.02. The van der Waals surface area contributed by atoms with Crippen molar-refractivity contribution in [3.63, 3.8) is 0 Å². The summed E-state index contributed by atoms with van der Waals surface area (Å²) in [5.74, 6) is -11.1. The Balaban J connectivity index is 0.000000472. The topological polar surface area (TPSA) is 433 Å². The van der Waals surface area contributed by atoms with Gasteiger partial charge in [0.15, 0.2) is 50.8 Å². The number of rotatable bonds is 32. The number of hydrogen-bond acceptors (Lipinski definition) is 32. The summed E-state index contributed by atoms with van der Waals surface area (Å²) in [6.45, 7) is 1.12. The predicted octanol–water partition coefficient (Wildman–Crippen LogP) is 3.95. The van der Waals surface area contributed by atoms with Crippen LogP contribution < -0.4 is 0 Å². The molecule has 90 heavy (non-hydrogen) atoms. The van der Waals surface area contributed by atoms with Crippen molar-refractivity contribution in [2.75, 3.05) is 52.9 Å². The number of carbonyl (C=O) groups is 12. The number of carbonyl (C=O) groups excluding carboxylic acids is 16. The molecule has 0 radical (unpaired) electrons. The number of isocyanates is 4. The van der Waals surface area contributed by atoms with E-state index < -0.39 is 122 Å². The van der Waals surface area contributed by atoms with Crippen molar-refractivity contribution < 1.29 is 134 Å². The van der Waals surface area contributed by atoms with Crippen molar-refractivity contribution in [1.29, 1.82) is 0 Å². The Kier molecular flexibility index (Phi) is 31.8. The van der Waals surface area contributed by atoms with Crippen molar-refractivity contribution in [3.8, 4) is 0 Å². The van der Waals surface area contributed by atoms with Crippen molar-refractivity contribution >= 4 is 119 Å². The van der Waals surface area contributed by atoms with Gasteiger partial charge in [0, 0.05) is 12.8 Å². The molecule has 0 aliphatic carbocycles. The standard InChI is InChI=1S/C31H30N2O14.C27H22N2O14/c1-18(44-28(38)20(3)46-30(40)22-6-10-24(11-7-22)32-16-34)26(36)42-14-5-15-43-27(37)19(2)45-29(39)21(4)47-31(41)23-8-12-25(13-9-23)33-17-35;30-16-28-20-6-2-18(3-7-20)26(36)42-14-24(34)40-12-22(32)38-10-1-11-39-23(33)13-41-25(35)15-43-27(37)19-4-8-21(9-5-19)29-17-31/h6-13,18-21H,5,14-15H2,1-4H3;2-9H,1,10-15H2. The van der Waals surface area contributed by atoms with Gasteiger partial charge in [-0.15, -0.1) is 0 Å². The molecule has 0 amide bonds. The van der Waals surface area contributed by atoms with Crippen LogP contribution in [0.4, 0.5) is 22.7 Å². The van der Waals surface area contributed by atoms with Crippen LogP contribution in [0.2, 0.25) is 0 Å². The molecule has 0 N–H and O–H groups in total. The Labute approximate surface area is 508 Å². The molecule has 4 atom stereocenters. The van der Waals surface area contributed by atoms with Gasteiger partial charge >= 0.3 is 71.6 Å². The van der Waals surface area contributed by atoms with E-state index in [-0.39, 0.29) is 84.3 Å². The van der Waals surface area contributed by atoms with E-state index in [1.165, 1.54) is 149 Å². The third-order valence-electron chi connectivity index (χ3n) is 10.5. The van der Waals surface area contributed by atoms with Gasteiger partial charge in [0.05, 0.1) is 71.4 Å². The highest BCUT2D eigenvalue weighted by atomic mass is 16.6. The first-order valence-corrected chi connectivity index (χ1v) is 25.9. The van der Waals surface area contributed by atoms with E-state index in [9.17, 15) is 76.7 Å². The second-order valence-electron chi connectivity index (χ2n) is 17.2. The summed E-state index contributed by atoms with van der Waals surface area (Å²) in [7, 11) is 0. The lowest BCUT2D eigenvalue weighted by Gasteiger charge is -2.17. The maximum absolute atomic E-state index is 12.2. The van der Waals surface area contributed by atoms with Crippen LogP contribution in [0.15, 0.2) is 117 Å². The van der Waals surface area contributed by atoms with Gasteiger partial charge < -0.3 is 56.8 Å². The molecule has 4 unspecified atom stereocenters. The molecule has 32 nitrogen and oxygen atoms in total. The maximum atomic E-state index is 12.2. The van der Waals surface area contributed by atoms with Crippen LogP contribution in [0.5, 0.6) is 0 Å². The van der Waals surface area contributed by atoms with Gasteiger partial charge in [-0.05, 0) is 125 Å². The molecule has 0 aliphatic rings. The molecule has 0 aromatic heterocycles. The van der Waals surface area contributed by atoms with Gasteiger partial charge in [-0.1, -0.05) is 0 Å². The van der Waals surface area contributed by atoms with Crippen molar-refractivity contribution in [3.05, 3.63) is 119 Å². The van der Waals surface area contributed by atoms with Crippen molar-refractivity contribution in [2.24, 2.45) is 20.0 Å². The first-order valence-electron chi connectivity index (χ1n) is 25.9. The summed E-state index contributed by atoms with van der Waals surface area (Å²) in [5.41, 5.74) is 1.42. The number of esters is 12. The monoisotopic (exact) mass is 1250 g/mol. The van der Waals surface area contributed by atoms with Crippen LogP contribution in [-0.4, -0.2) is 173 Å². The minimum absolute atomic E-state index is 0.0503. The van der Waals surface area contributed by atoms with Crippen molar-refractivity contribution in [2.45, 2.75) is 65.0 Å². The summed E-state index contributed by atoms with van der Waals surface area (Å²) < 4.78 is 58.4. The quantitative estimate of drug-likeness (QED) is 0.0219. The van der Waals surface area contributed by atoms with Gasteiger partial charge in [-0.2, -0.15) is 20.0 Å². The van der Waals surface area contributed by atoms with Gasteiger partial charge in [-0.3, -0.25) is 0 Å². The van der Waals surface area contributed by atoms with Crippen LogP contribution in [0.3, 0.4) is 0 Å². The molecular weight excluding hydrogens is 1200 g/mol. The van der Waals surface area contributed by atoms with E-state index in [0.29, 0.717) is 0 Å². The van der Waals surface area contributed by atoms with E-state index in [2.05, 4.69) is 29.4 Å². The van der Waals surface area contributed by atoms with E-state index >= 15 is 0 Å². The zero-order valence-corrected chi connectivity index (χ0v) is 47.8. The van der Waals surface area contributed by atoms with Gasteiger partial charge in [0.25, 0.3) is 0 Å². The number of benzene rings is 4. The van der Waals surface area contributed by atoms with Gasteiger partial charge in [0.2, 0.25) is 24.3 Å². The third-order valence-corrected chi connectivity index (χ3v) is 10.5. The SMILES string of the molecule is CC(OC(=O)c1ccc(N=C=O)cc1)C(=O)OC(C)C(=O)OCCCOC(=O)C(C)OC(=O)C(C)OC(=O)c1ccc(N=C=O)cc1.O=C=Nc1ccc(C(=O)OCC(=O)OCC(=O)OCCCOC(=O)COC(=O)COC(=O)c2ccc(N=C=O)cc2)cc1. The lowest BCUT2D eigenvalue weighted by atomic mass is 10.2. The Morgan fingerprint density at radius 1 is 0.300 bits per heavy atom. The Hall–Kier alpha value is -12.0. The highest BCUT2D eigenvalue weighted by Crippen LogP contribution is 2.18. The zero-order chi connectivity index (χ0) is 66.4. The smallest absolute Gasteiger partial charge is 0.348 e. The molecule has 4 aromatic carbocycles. The highest BCUT2D eigenvalue weighted by molar-refractivity contribution is 5.94. The van der Waals surface area contributed by atoms with Crippen LogP contribution >= 0.6 is 0 Å². The second kappa shape index (κ2) is 39.6. The number of ether oxygens (including phenoxy) is 12. The largest absolute Gasteiger partial charge is 0.463 e. The van der Waals surface area contributed by atoms with E-state index in [4.69, 9.17) is 47.4 Å². The zero-order valence-electron chi connectivity index (χ0n) is 47.8. The molecule has 4 aromatic rings.